The second kappa shape index (κ2) is 14.1. The molecular formula is C20H35Cl2N7O5. The van der Waals surface area contributed by atoms with Crippen LogP contribution in [0.2, 0.25) is 0 Å². The van der Waals surface area contributed by atoms with Crippen LogP contribution in [0.4, 0.5) is 5.95 Å². The second-order valence-corrected chi connectivity index (χ2v) is 8.52. The van der Waals surface area contributed by atoms with Crippen molar-refractivity contribution in [1.29, 1.82) is 0 Å². The number of imidazole rings is 1. The Morgan fingerprint density at radius 1 is 1.03 bits per heavy atom. The first-order valence-corrected chi connectivity index (χ1v) is 10.6. The third-order valence-corrected chi connectivity index (χ3v) is 5.17. The fraction of sp³-hybridized carbons (Fsp3) is 0.650. The topological polar surface area (TPSA) is 194 Å². The third-order valence-electron chi connectivity index (χ3n) is 5.17. The lowest BCUT2D eigenvalue weighted by Crippen LogP contribution is -2.39. The highest BCUT2D eigenvalue weighted by Gasteiger charge is 2.24. The molecule has 0 fully saturated rings. The number of nitrogens with one attached hydrogen (secondary N) is 1. The summed E-state index contributed by atoms with van der Waals surface area (Å²) in [5.74, 6) is -1.55. The molecule has 194 valence electrons. The summed E-state index contributed by atoms with van der Waals surface area (Å²) in [5.41, 5.74) is 17.4. The summed E-state index contributed by atoms with van der Waals surface area (Å²) in [7, 11) is 0. The van der Waals surface area contributed by atoms with Gasteiger partial charge in [0.25, 0.3) is 5.56 Å². The van der Waals surface area contributed by atoms with Gasteiger partial charge in [0.05, 0.1) is 19.5 Å². The summed E-state index contributed by atoms with van der Waals surface area (Å²) < 4.78 is 12.4. The molecule has 0 unspecified atom stereocenters. The van der Waals surface area contributed by atoms with Crippen LogP contribution in [0.25, 0.3) is 11.2 Å². The van der Waals surface area contributed by atoms with E-state index in [9.17, 15) is 14.4 Å². The molecule has 12 nitrogen and oxygen atoms in total. The molecule has 0 aliphatic carbocycles. The van der Waals surface area contributed by atoms with Crippen LogP contribution in [-0.2, 0) is 25.6 Å². The fourth-order valence-electron chi connectivity index (χ4n) is 2.81. The van der Waals surface area contributed by atoms with Crippen molar-refractivity contribution in [3.8, 4) is 0 Å². The molecule has 2 atom stereocenters. The van der Waals surface area contributed by atoms with Gasteiger partial charge >= 0.3 is 11.9 Å². The smallest absolute Gasteiger partial charge is 0.323 e. The highest BCUT2D eigenvalue weighted by Crippen LogP contribution is 2.14. The fourth-order valence-corrected chi connectivity index (χ4v) is 2.81. The molecule has 2 heterocycles. The number of nitrogens with two attached hydrogens (primary N) is 3. The third kappa shape index (κ3) is 8.42. The lowest BCUT2D eigenvalue weighted by Gasteiger charge is -2.21. The molecule has 0 spiro atoms. The van der Waals surface area contributed by atoms with Crippen molar-refractivity contribution in [2.45, 2.75) is 52.7 Å². The van der Waals surface area contributed by atoms with Gasteiger partial charge in [0, 0.05) is 12.5 Å². The van der Waals surface area contributed by atoms with Gasteiger partial charge in [-0.2, -0.15) is 4.98 Å². The summed E-state index contributed by atoms with van der Waals surface area (Å²) in [6.45, 7) is 7.68. The van der Waals surface area contributed by atoms with Crippen LogP contribution >= 0.6 is 24.8 Å². The Labute approximate surface area is 210 Å². The molecule has 0 saturated carbocycles. The lowest BCUT2D eigenvalue weighted by atomic mass is 10.0. The summed E-state index contributed by atoms with van der Waals surface area (Å²) in [4.78, 5) is 46.9. The molecule has 34 heavy (non-hydrogen) atoms. The Balaban J connectivity index is 0.00000544. The predicted octanol–water partition coefficient (Wildman–Crippen LogP) is 0.605. The van der Waals surface area contributed by atoms with Gasteiger partial charge in [0.15, 0.2) is 11.2 Å². The van der Waals surface area contributed by atoms with E-state index in [-0.39, 0.29) is 67.2 Å². The van der Waals surface area contributed by atoms with Crippen molar-refractivity contribution in [3.05, 3.63) is 16.7 Å². The number of esters is 2. The zero-order valence-corrected chi connectivity index (χ0v) is 21.4. The Kier molecular flexibility index (Phi) is 13.1. The minimum atomic E-state index is -0.746. The van der Waals surface area contributed by atoms with Gasteiger partial charge in [-0.15, -0.1) is 24.8 Å². The Morgan fingerprint density at radius 3 is 2.00 bits per heavy atom. The minimum Gasteiger partial charge on any atom is -0.464 e. The van der Waals surface area contributed by atoms with Crippen LogP contribution in [0.1, 0.15) is 34.1 Å². The van der Waals surface area contributed by atoms with Crippen LogP contribution in [-0.4, -0.2) is 56.8 Å². The molecule has 2 aromatic rings. The molecule has 0 aliphatic heterocycles. The maximum absolute atomic E-state index is 12.2. The molecule has 0 bridgehead atoms. The molecule has 0 aromatic carbocycles. The van der Waals surface area contributed by atoms with E-state index in [0.29, 0.717) is 18.6 Å². The number of carbonyl (C=O) groups excluding carboxylic acids is 2. The lowest BCUT2D eigenvalue weighted by molar-refractivity contribution is -0.152. The van der Waals surface area contributed by atoms with E-state index >= 15 is 0 Å². The van der Waals surface area contributed by atoms with Crippen molar-refractivity contribution in [1.82, 2.24) is 19.5 Å². The van der Waals surface area contributed by atoms with Crippen LogP contribution < -0.4 is 22.8 Å². The van der Waals surface area contributed by atoms with Gasteiger partial charge < -0.3 is 31.2 Å². The Bertz CT molecular complexity index is 965. The van der Waals surface area contributed by atoms with E-state index in [0.717, 1.165) is 0 Å². The van der Waals surface area contributed by atoms with Gasteiger partial charge in [-0.05, 0) is 18.3 Å². The highest BCUT2D eigenvalue weighted by atomic mass is 35.5. The van der Waals surface area contributed by atoms with E-state index in [1.807, 2.05) is 27.7 Å². The van der Waals surface area contributed by atoms with Gasteiger partial charge in [-0.3, -0.25) is 19.4 Å². The molecular weight excluding hydrogens is 489 g/mol. The zero-order chi connectivity index (χ0) is 24.0. The number of hydrogen-bond donors (Lipinski definition) is 4. The number of halogens is 2. The Hall–Kier alpha value is -2.41. The number of carbonyl (C=O) groups is 2. The summed E-state index contributed by atoms with van der Waals surface area (Å²) in [6.07, 6.45) is 1.92. The van der Waals surface area contributed by atoms with E-state index in [1.54, 1.807) is 4.57 Å². The maximum Gasteiger partial charge on any atom is 0.323 e. The maximum atomic E-state index is 12.2. The number of aryl methyl sites for hydroxylation is 1. The van der Waals surface area contributed by atoms with E-state index in [1.165, 1.54) is 6.33 Å². The summed E-state index contributed by atoms with van der Waals surface area (Å²) >= 11 is 0. The number of H-pyrrole nitrogens is 1. The van der Waals surface area contributed by atoms with Crippen LogP contribution in [0, 0.1) is 17.8 Å². The number of nitrogens with zero attached hydrogens (tertiary/aromatic N) is 3. The van der Waals surface area contributed by atoms with Crippen molar-refractivity contribution in [3.63, 3.8) is 0 Å². The molecule has 7 N–H and O–H groups in total. The molecule has 2 rings (SSSR count). The largest absolute Gasteiger partial charge is 0.464 e. The quantitative estimate of drug-likeness (QED) is 0.302. The summed E-state index contributed by atoms with van der Waals surface area (Å²) in [5, 5.41) is 0. The zero-order valence-electron chi connectivity index (χ0n) is 19.7. The highest BCUT2D eigenvalue weighted by molar-refractivity contribution is 5.85. The average Bonchev–Trinajstić information content (AvgIpc) is 3.14. The number of rotatable bonds is 11. The van der Waals surface area contributed by atoms with E-state index < -0.39 is 29.6 Å². The van der Waals surface area contributed by atoms with Crippen molar-refractivity contribution in [2.24, 2.45) is 29.2 Å². The number of aromatic nitrogens is 4. The summed E-state index contributed by atoms with van der Waals surface area (Å²) in [6, 6.07) is -1.49. The first-order valence-electron chi connectivity index (χ1n) is 10.6. The minimum absolute atomic E-state index is 0. The predicted molar refractivity (Wildman–Crippen MR) is 133 cm³/mol. The van der Waals surface area contributed by atoms with Gasteiger partial charge in [0.2, 0.25) is 5.95 Å². The van der Waals surface area contributed by atoms with Gasteiger partial charge in [0.1, 0.15) is 12.1 Å². The van der Waals surface area contributed by atoms with Crippen molar-refractivity contribution in [2.75, 3.05) is 18.9 Å². The van der Waals surface area contributed by atoms with Crippen LogP contribution in [0.3, 0.4) is 0 Å². The standard InChI is InChI=1S/C20H33N7O5.2ClH/c1-10(2)13(21)18(29)31-7-12(8-32-19(30)14(22)11(3)4)5-6-27-9-24-15-16(27)25-20(23)26-17(15)28;;/h9-14H,5-8,21-22H2,1-4H3,(H3,23,25,26,28);2*1H/t13-,14-;;/m0../s1. The molecule has 0 saturated heterocycles. The molecule has 2 aromatic heterocycles. The number of hydrogen-bond acceptors (Lipinski definition) is 10. The number of aromatic amines is 1. The van der Waals surface area contributed by atoms with Crippen molar-refractivity contribution >= 4 is 53.9 Å². The molecule has 0 amide bonds. The molecule has 0 aliphatic rings. The normalized spacial score (nSPS) is 12.9. The molecule has 14 heteroatoms. The number of anilines is 1. The number of ether oxygens (including phenoxy) is 2. The van der Waals surface area contributed by atoms with Crippen LogP contribution in [0.5, 0.6) is 0 Å². The first-order chi connectivity index (χ1) is 15.0. The monoisotopic (exact) mass is 523 g/mol. The average molecular weight is 524 g/mol. The van der Waals surface area contributed by atoms with E-state index in [4.69, 9.17) is 26.7 Å². The van der Waals surface area contributed by atoms with E-state index in [2.05, 4.69) is 15.0 Å². The number of nitrogen functional groups attached to an aromatic ring is 1. The number of fused-ring (bicyclic) bond motifs is 1. The van der Waals surface area contributed by atoms with Crippen molar-refractivity contribution < 1.29 is 19.1 Å². The first kappa shape index (κ1) is 31.6. The van der Waals surface area contributed by atoms with Gasteiger partial charge in [-0.25, -0.2) is 4.98 Å². The molecule has 0 radical (unpaired) electrons. The SMILES string of the molecule is CC(C)[C@H](N)C(=O)OCC(CCn1cnc2c(=O)[nH]c(N)nc21)COC(=O)[C@@H](N)C(C)C.Cl.Cl. The second-order valence-electron chi connectivity index (χ2n) is 8.52. The Morgan fingerprint density at radius 2 is 1.53 bits per heavy atom. The van der Waals surface area contributed by atoms with Gasteiger partial charge in [-0.1, -0.05) is 27.7 Å². The van der Waals surface area contributed by atoms with Crippen LogP contribution in [0.15, 0.2) is 11.1 Å².